The number of aromatic nitrogens is 1. The van der Waals surface area contributed by atoms with Crippen LogP contribution in [-0.2, 0) is 4.79 Å². The number of halogens is 1. The van der Waals surface area contributed by atoms with E-state index in [4.69, 9.17) is 25.5 Å². The third-order valence-corrected chi connectivity index (χ3v) is 6.22. The molecule has 5 rings (SSSR count). The number of rotatable bonds is 4. The molecule has 1 unspecified atom stereocenters. The SMILES string of the molecule is CC(C(=O)Nc1ccc2c(c1)OCCO2)N1CCC(c2nc3cc(Cl)ccc3o2)CC1. The largest absolute Gasteiger partial charge is 0.486 e. The summed E-state index contributed by atoms with van der Waals surface area (Å²) in [5.41, 5.74) is 2.26. The van der Waals surface area contributed by atoms with Crippen molar-refractivity contribution in [2.45, 2.75) is 31.7 Å². The average molecular weight is 442 g/mol. The second-order valence-corrected chi connectivity index (χ2v) is 8.43. The molecule has 3 heterocycles. The molecule has 0 spiro atoms. The van der Waals surface area contributed by atoms with Crippen LogP contribution >= 0.6 is 11.6 Å². The van der Waals surface area contributed by atoms with Gasteiger partial charge in [-0.15, -0.1) is 0 Å². The van der Waals surface area contributed by atoms with Gasteiger partial charge in [0, 0.05) is 22.7 Å². The lowest BCUT2D eigenvalue weighted by Gasteiger charge is -2.34. The lowest BCUT2D eigenvalue weighted by Crippen LogP contribution is -2.45. The normalized spacial score (nSPS) is 18.1. The van der Waals surface area contributed by atoms with Crippen LogP contribution in [0.1, 0.15) is 31.6 Å². The van der Waals surface area contributed by atoms with Gasteiger partial charge in [-0.3, -0.25) is 9.69 Å². The fourth-order valence-corrected chi connectivity index (χ4v) is 4.33. The van der Waals surface area contributed by atoms with Gasteiger partial charge in [0.25, 0.3) is 0 Å². The van der Waals surface area contributed by atoms with E-state index in [1.54, 1.807) is 0 Å². The number of ether oxygens (including phenoxy) is 2. The monoisotopic (exact) mass is 441 g/mol. The van der Waals surface area contributed by atoms with Crippen molar-refractivity contribution in [3.05, 3.63) is 47.3 Å². The molecule has 3 aromatic rings. The van der Waals surface area contributed by atoms with E-state index in [1.165, 1.54) is 0 Å². The van der Waals surface area contributed by atoms with Crippen LogP contribution in [0.15, 0.2) is 40.8 Å². The van der Waals surface area contributed by atoms with Gasteiger partial charge in [-0.1, -0.05) is 11.6 Å². The Morgan fingerprint density at radius 2 is 1.90 bits per heavy atom. The van der Waals surface area contributed by atoms with E-state index in [2.05, 4.69) is 15.2 Å². The first-order valence-electron chi connectivity index (χ1n) is 10.6. The molecule has 0 saturated carbocycles. The molecule has 2 aliphatic rings. The maximum absolute atomic E-state index is 12.8. The van der Waals surface area contributed by atoms with Crippen LogP contribution in [0.2, 0.25) is 5.02 Å². The third kappa shape index (κ3) is 4.20. The molecule has 1 saturated heterocycles. The summed E-state index contributed by atoms with van der Waals surface area (Å²) in [6.45, 7) is 4.61. The van der Waals surface area contributed by atoms with Gasteiger partial charge >= 0.3 is 0 Å². The number of carbonyl (C=O) groups is 1. The molecule has 8 heteroatoms. The first-order valence-corrected chi connectivity index (χ1v) is 11.0. The van der Waals surface area contributed by atoms with Crippen LogP contribution in [0.25, 0.3) is 11.1 Å². The Bertz CT molecular complexity index is 1110. The van der Waals surface area contributed by atoms with E-state index in [9.17, 15) is 4.79 Å². The topological polar surface area (TPSA) is 76.8 Å². The zero-order chi connectivity index (χ0) is 21.4. The van der Waals surface area contributed by atoms with Crippen molar-refractivity contribution >= 4 is 34.3 Å². The molecule has 2 aromatic carbocycles. The van der Waals surface area contributed by atoms with Crippen LogP contribution < -0.4 is 14.8 Å². The predicted octanol–water partition coefficient (Wildman–Crippen LogP) is 4.46. The summed E-state index contributed by atoms with van der Waals surface area (Å²) in [7, 11) is 0. The molecule has 1 N–H and O–H groups in total. The van der Waals surface area contributed by atoms with Gasteiger partial charge in [0.15, 0.2) is 23.0 Å². The van der Waals surface area contributed by atoms with Crippen molar-refractivity contribution in [2.24, 2.45) is 0 Å². The number of benzene rings is 2. The van der Waals surface area contributed by atoms with Gasteiger partial charge in [0.2, 0.25) is 5.91 Å². The Morgan fingerprint density at radius 1 is 1.13 bits per heavy atom. The molecule has 162 valence electrons. The van der Waals surface area contributed by atoms with E-state index >= 15 is 0 Å². The molecular formula is C23H24ClN3O4. The molecule has 0 bridgehead atoms. The molecule has 1 fully saturated rings. The fraction of sp³-hybridized carbons (Fsp3) is 0.391. The number of piperidine rings is 1. The number of likely N-dealkylation sites (tertiary alicyclic amines) is 1. The number of amides is 1. The van der Waals surface area contributed by atoms with Crippen LogP contribution in [0, 0.1) is 0 Å². The van der Waals surface area contributed by atoms with Crippen LogP contribution in [0.3, 0.4) is 0 Å². The number of anilines is 1. The predicted molar refractivity (Wildman–Crippen MR) is 118 cm³/mol. The third-order valence-electron chi connectivity index (χ3n) is 5.98. The molecule has 0 aliphatic carbocycles. The molecule has 7 nitrogen and oxygen atoms in total. The van der Waals surface area contributed by atoms with Crippen LogP contribution in [0.4, 0.5) is 5.69 Å². The molecule has 1 amide bonds. The number of hydrogen-bond donors (Lipinski definition) is 1. The zero-order valence-corrected chi connectivity index (χ0v) is 18.0. The Hall–Kier alpha value is -2.77. The van der Waals surface area contributed by atoms with E-state index in [0.717, 1.165) is 42.9 Å². The first kappa shape index (κ1) is 20.2. The molecular weight excluding hydrogens is 418 g/mol. The zero-order valence-electron chi connectivity index (χ0n) is 17.3. The van der Waals surface area contributed by atoms with E-state index in [0.29, 0.717) is 35.4 Å². The second kappa shape index (κ2) is 8.40. The van der Waals surface area contributed by atoms with Gasteiger partial charge < -0.3 is 19.2 Å². The average Bonchev–Trinajstić information content (AvgIpc) is 3.22. The molecule has 31 heavy (non-hydrogen) atoms. The Balaban J connectivity index is 1.19. The number of oxazole rings is 1. The lowest BCUT2D eigenvalue weighted by atomic mass is 9.95. The highest BCUT2D eigenvalue weighted by Crippen LogP contribution is 2.33. The number of hydrogen-bond acceptors (Lipinski definition) is 6. The first-order chi connectivity index (χ1) is 15.1. The summed E-state index contributed by atoms with van der Waals surface area (Å²) < 4.78 is 17.1. The van der Waals surface area contributed by atoms with Crippen molar-refractivity contribution in [2.75, 3.05) is 31.6 Å². The minimum absolute atomic E-state index is 0.0355. The van der Waals surface area contributed by atoms with Crippen molar-refractivity contribution in [1.82, 2.24) is 9.88 Å². The minimum Gasteiger partial charge on any atom is -0.486 e. The summed E-state index contributed by atoms with van der Waals surface area (Å²) in [5, 5.41) is 3.65. The number of nitrogens with one attached hydrogen (secondary N) is 1. The van der Waals surface area contributed by atoms with Crippen LogP contribution in [-0.4, -0.2) is 48.1 Å². The van der Waals surface area contributed by atoms with Gasteiger partial charge in [0.1, 0.15) is 18.7 Å². The lowest BCUT2D eigenvalue weighted by molar-refractivity contribution is -0.121. The Morgan fingerprint density at radius 3 is 2.71 bits per heavy atom. The maximum Gasteiger partial charge on any atom is 0.241 e. The summed E-state index contributed by atoms with van der Waals surface area (Å²) in [4.78, 5) is 19.6. The van der Waals surface area contributed by atoms with Crippen molar-refractivity contribution < 1.29 is 18.7 Å². The number of fused-ring (bicyclic) bond motifs is 2. The van der Waals surface area contributed by atoms with Crippen molar-refractivity contribution in [3.63, 3.8) is 0 Å². The highest BCUT2D eigenvalue weighted by atomic mass is 35.5. The standard InChI is InChI=1S/C23H24ClN3O4/c1-14(22(28)25-17-3-5-20-21(13-17)30-11-10-29-20)27-8-6-15(7-9-27)23-26-18-12-16(24)2-4-19(18)31-23/h2-5,12-15H,6-11H2,1H3,(H,25,28). The quantitative estimate of drug-likeness (QED) is 0.644. The van der Waals surface area contributed by atoms with Gasteiger partial charge in [-0.2, -0.15) is 0 Å². The van der Waals surface area contributed by atoms with E-state index < -0.39 is 0 Å². The van der Waals surface area contributed by atoms with Gasteiger partial charge in [0.05, 0.1) is 6.04 Å². The minimum atomic E-state index is -0.239. The highest BCUT2D eigenvalue weighted by Gasteiger charge is 2.29. The Labute approximate surface area is 185 Å². The molecule has 1 atom stereocenters. The summed E-state index contributed by atoms with van der Waals surface area (Å²) in [6.07, 6.45) is 1.78. The second-order valence-electron chi connectivity index (χ2n) is 8.00. The summed E-state index contributed by atoms with van der Waals surface area (Å²) in [6, 6.07) is 10.7. The summed E-state index contributed by atoms with van der Waals surface area (Å²) in [5.74, 6) is 2.34. The maximum atomic E-state index is 12.8. The van der Waals surface area contributed by atoms with Gasteiger partial charge in [-0.05, 0) is 63.2 Å². The smallest absolute Gasteiger partial charge is 0.241 e. The number of carbonyl (C=O) groups excluding carboxylic acids is 1. The van der Waals surface area contributed by atoms with Crippen molar-refractivity contribution in [3.8, 4) is 11.5 Å². The fourth-order valence-electron chi connectivity index (χ4n) is 4.16. The van der Waals surface area contributed by atoms with Crippen molar-refractivity contribution in [1.29, 1.82) is 0 Å². The number of nitrogens with zero attached hydrogens (tertiary/aromatic N) is 2. The van der Waals surface area contributed by atoms with E-state index in [-0.39, 0.29) is 17.9 Å². The summed E-state index contributed by atoms with van der Waals surface area (Å²) >= 11 is 6.05. The Kier molecular flexibility index (Phi) is 5.46. The van der Waals surface area contributed by atoms with Gasteiger partial charge in [-0.25, -0.2) is 4.98 Å². The highest BCUT2D eigenvalue weighted by molar-refractivity contribution is 6.31. The molecule has 0 radical (unpaired) electrons. The van der Waals surface area contributed by atoms with Crippen LogP contribution in [0.5, 0.6) is 11.5 Å². The molecule has 2 aliphatic heterocycles. The van der Waals surface area contributed by atoms with E-state index in [1.807, 2.05) is 43.3 Å². The molecule has 1 aromatic heterocycles.